The third-order valence-corrected chi connectivity index (χ3v) is 10.1. The van der Waals surface area contributed by atoms with Crippen LogP contribution in [0.4, 0.5) is 0 Å². The first-order valence-corrected chi connectivity index (χ1v) is 14.4. The van der Waals surface area contributed by atoms with Gasteiger partial charge in [0.15, 0.2) is 5.78 Å². The number of allylic oxidation sites excluding steroid dienone is 5. The average Bonchev–Trinajstić information content (AvgIpc) is 3.11. The van der Waals surface area contributed by atoms with Crippen molar-refractivity contribution in [1.29, 1.82) is 0 Å². The maximum absolute atomic E-state index is 13.6. The molecule has 7 atom stereocenters. The van der Waals surface area contributed by atoms with E-state index in [9.17, 15) is 24.6 Å². The number of carbonyl (C=O) groups is 3. The molecule has 3 saturated carbocycles. The van der Waals surface area contributed by atoms with Gasteiger partial charge in [-0.2, -0.15) is 0 Å². The van der Waals surface area contributed by atoms with Crippen LogP contribution >= 0.6 is 0 Å². The molecule has 3 fully saturated rings. The predicted molar refractivity (Wildman–Crippen MR) is 154 cm³/mol. The van der Waals surface area contributed by atoms with Gasteiger partial charge in [-0.05, 0) is 88.7 Å². The number of ketones is 1. The molecule has 0 bridgehead atoms. The summed E-state index contributed by atoms with van der Waals surface area (Å²) >= 11 is 0. The summed E-state index contributed by atoms with van der Waals surface area (Å²) < 4.78 is 11.1. The van der Waals surface area contributed by atoms with Crippen LogP contribution in [-0.2, 0) is 23.9 Å². The summed E-state index contributed by atoms with van der Waals surface area (Å²) in [7, 11) is 1.62. The molecule has 222 valence electrons. The van der Waals surface area contributed by atoms with Gasteiger partial charge in [0.2, 0.25) is 0 Å². The highest BCUT2D eigenvalue weighted by Crippen LogP contribution is 2.69. The number of ether oxygens (including phenoxy) is 2. The predicted octanol–water partition coefficient (Wildman–Crippen LogP) is 5.98. The van der Waals surface area contributed by atoms with E-state index in [1.807, 2.05) is 38.2 Å². The van der Waals surface area contributed by atoms with Gasteiger partial charge in [-0.1, -0.05) is 44.2 Å². The number of fused-ring (bicyclic) bond motifs is 3. The van der Waals surface area contributed by atoms with E-state index in [2.05, 4.69) is 13.8 Å². The van der Waals surface area contributed by atoms with Crippen LogP contribution in [0, 0.1) is 28.1 Å². The van der Waals surface area contributed by atoms with E-state index in [0.717, 1.165) is 16.7 Å². The summed E-state index contributed by atoms with van der Waals surface area (Å²) in [6.07, 6.45) is 11.4. The molecule has 2 N–H and O–H groups in total. The number of hydrogen-bond acceptors (Lipinski definition) is 6. The van der Waals surface area contributed by atoms with Crippen LogP contribution in [0.5, 0.6) is 0 Å². The van der Waals surface area contributed by atoms with Crippen molar-refractivity contribution in [2.45, 2.75) is 105 Å². The molecule has 7 heteroatoms. The summed E-state index contributed by atoms with van der Waals surface area (Å²) in [6.45, 7) is 14.7. The van der Waals surface area contributed by atoms with E-state index in [1.165, 1.54) is 6.92 Å². The molecule has 0 aromatic heterocycles. The fraction of sp³-hybridized carbons (Fsp3) is 0.667. The summed E-state index contributed by atoms with van der Waals surface area (Å²) in [4.78, 5) is 38.1. The lowest BCUT2D eigenvalue weighted by Crippen LogP contribution is -2.61. The average molecular weight is 557 g/mol. The Morgan fingerprint density at radius 2 is 1.73 bits per heavy atom. The zero-order chi connectivity index (χ0) is 30.3. The third kappa shape index (κ3) is 5.78. The van der Waals surface area contributed by atoms with Gasteiger partial charge in [-0.15, -0.1) is 0 Å². The maximum Gasteiger partial charge on any atom is 0.313 e. The minimum absolute atomic E-state index is 0.0173. The Morgan fingerprint density at radius 1 is 1.07 bits per heavy atom. The van der Waals surface area contributed by atoms with E-state index in [-0.39, 0.29) is 34.6 Å². The number of methoxy groups -OCH3 is 1. The van der Waals surface area contributed by atoms with Gasteiger partial charge in [0.05, 0.1) is 11.7 Å². The van der Waals surface area contributed by atoms with Crippen molar-refractivity contribution in [3.05, 3.63) is 47.1 Å². The molecule has 40 heavy (non-hydrogen) atoms. The molecule has 3 rings (SSSR count). The van der Waals surface area contributed by atoms with Crippen LogP contribution in [0.1, 0.15) is 87.5 Å². The molecule has 0 aromatic rings. The van der Waals surface area contributed by atoms with Crippen LogP contribution in [0.2, 0.25) is 0 Å². The molecule has 0 heterocycles. The van der Waals surface area contributed by atoms with E-state index >= 15 is 0 Å². The monoisotopic (exact) mass is 556 g/mol. The zero-order valence-corrected chi connectivity index (χ0v) is 25.7. The maximum atomic E-state index is 13.6. The zero-order valence-electron chi connectivity index (χ0n) is 25.7. The Labute approximate surface area is 239 Å². The molecule has 7 nitrogen and oxygen atoms in total. The topological polar surface area (TPSA) is 110 Å². The molecule has 3 aliphatic carbocycles. The SMILES string of the molecule is CO[C@H](/C=C/C(C)(C)O)/C(C)=C/C=C/C(C)=C1\C(=O)C[C@H]2[C@]3(C)CC[C@@H](OC(C)=O)[C@](C)(C(=O)O)[C@@H]3CC[C@@]12C. The van der Waals surface area contributed by atoms with Gasteiger partial charge >= 0.3 is 11.9 Å². The second-order valence-corrected chi connectivity index (χ2v) is 13.4. The molecule has 0 aliphatic heterocycles. The standard InChI is InChI=1S/C33H48O7/c1-20(24(39-9)13-16-30(4,5)38)11-10-12-21(2)28-23(35)19-26-31(6)18-15-27(40-22(3)34)33(8,29(36)37)25(31)14-17-32(26,28)7/h10-13,16,24-27,38H,14-15,17-19H2,1-9H3,(H,36,37)/b12-10+,16-13+,20-11+,28-21+/t24-,25-,26+,27-,31-,32-,33-/m1/s1. The molecule has 0 spiro atoms. The smallest absolute Gasteiger partial charge is 0.313 e. The lowest BCUT2D eigenvalue weighted by molar-refractivity contribution is -0.204. The summed E-state index contributed by atoms with van der Waals surface area (Å²) in [5.41, 5.74) is -0.115. The van der Waals surface area contributed by atoms with Crippen LogP contribution in [0.3, 0.4) is 0 Å². The highest BCUT2D eigenvalue weighted by atomic mass is 16.5. The van der Waals surface area contributed by atoms with E-state index in [0.29, 0.717) is 32.1 Å². The largest absolute Gasteiger partial charge is 0.481 e. The van der Waals surface area contributed by atoms with Crippen molar-refractivity contribution < 1.29 is 34.1 Å². The molecule has 0 aromatic carbocycles. The summed E-state index contributed by atoms with van der Waals surface area (Å²) in [5.74, 6) is -1.45. The highest BCUT2D eigenvalue weighted by Gasteiger charge is 2.68. The number of aliphatic carboxylic acids is 1. The lowest BCUT2D eigenvalue weighted by atomic mass is 9.42. The van der Waals surface area contributed by atoms with Crippen molar-refractivity contribution in [2.24, 2.45) is 28.1 Å². The Kier molecular flexibility index (Phi) is 9.12. The quantitative estimate of drug-likeness (QED) is 0.164. The Balaban J connectivity index is 1.93. The second kappa shape index (κ2) is 11.4. The number of Topliss-reactive ketones (excluding diaryl/α,β-unsaturated/α-hetero) is 1. The number of carboxylic acid groups (broad SMARTS) is 1. The molecule has 0 unspecified atom stereocenters. The molecule has 3 aliphatic rings. The molecule has 0 amide bonds. The van der Waals surface area contributed by atoms with Crippen molar-refractivity contribution in [3.8, 4) is 0 Å². The van der Waals surface area contributed by atoms with Gasteiger partial charge in [0.25, 0.3) is 0 Å². The second-order valence-electron chi connectivity index (χ2n) is 13.4. The normalized spacial score (nSPS) is 36.9. The summed E-state index contributed by atoms with van der Waals surface area (Å²) in [5, 5.41) is 20.4. The number of rotatable bonds is 8. The van der Waals surface area contributed by atoms with Gasteiger partial charge < -0.3 is 19.7 Å². The van der Waals surface area contributed by atoms with Crippen molar-refractivity contribution >= 4 is 17.7 Å². The molecule has 0 saturated heterocycles. The first-order chi connectivity index (χ1) is 18.4. The van der Waals surface area contributed by atoms with E-state index in [1.54, 1.807) is 34.0 Å². The minimum Gasteiger partial charge on any atom is -0.481 e. The number of hydrogen-bond donors (Lipinski definition) is 2. The first-order valence-electron chi connectivity index (χ1n) is 14.4. The Morgan fingerprint density at radius 3 is 2.27 bits per heavy atom. The Bertz CT molecular complexity index is 1150. The number of carboxylic acids is 1. The van der Waals surface area contributed by atoms with Crippen molar-refractivity contribution in [2.75, 3.05) is 7.11 Å². The molecular weight excluding hydrogens is 508 g/mol. The fourth-order valence-corrected chi connectivity index (χ4v) is 8.18. The number of aliphatic hydroxyl groups is 1. The third-order valence-electron chi connectivity index (χ3n) is 10.1. The fourth-order valence-electron chi connectivity index (χ4n) is 8.18. The lowest BCUT2D eigenvalue weighted by Gasteiger charge is -2.61. The summed E-state index contributed by atoms with van der Waals surface area (Å²) in [6, 6.07) is 0. The van der Waals surface area contributed by atoms with Gasteiger partial charge in [0, 0.05) is 31.4 Å². The van der Waals surface area contributed by atoms with Crippen LogP contribution < -0.4 is 0 Å². The number of carbonyl (C=O) groups excluding carboxylic acids is 2. The van der Waals surface area contributed by atoms with Crippen LogP contribution in [0.25, 0.3) is 0 Å². The minimum atomic E-state index is -1.20. The van der Waals surface area contributed by atoms with Crippen molar-refractivity contribution in [1.82, 2.24) is 0 Å². The highest BCUT2D eigenvalue weighted by molar-refractivity contribution is 6.01. The van der Waals surface area contributed by atoms with Gasteiger partial charge in [0.1, 0.15) is 11.5 Å². The molecular formula is C33H48O7. The first kappa shape index (κ1) is 32.0. The Hall–Kier alpha value is -2.51. The molecule has 0 radical (unpaired) electrons. The van der Waals surface area contributed by atoms with Crippen molar-refractivity contribution in [3.63, 3.8) is 0 Å². The van der Waals surface area contributed by atoms with E-state index in [4.69, 9.17) is 9.47 Å². The van der Waals surface area contributed by atoms with E-state index < -0.39 is 29.1 Å². The van der Waals surface area contributed by atoms with Gasteiger partial charge in [-0.3, -0.25) is 14.4 Å². The number of esters is 1. The van der Waals surface area contributed by atoms with Gasteiger partial charge in [-0.25, -0.2) is 0 Å². The van der Waals surface area contributed by atoms with Crippen LogP contribution in [-0.4, -0.2) is 52.9 Å². The van der Waals surface area contributed by atoms with Crippen LogP contribution in [0.15, 0.2) is 47.1 Å².